The number of nitrogens with one attached hydrogen (secondary N) is 1. The van der Waals surface area contributed by atoms with Gasteiger partial charge in [0.15, 0.2) is 0 Å². The molecular weight excluding hydrogens is 423 g/mol. The highest BCUT2D eigenvalue weighted by Gasteiger charge is 2.51. The lowest BCUT2D eigenvalue weighted by molar-refractivity contribution is -0.138. The van der Waals surface area contributed by atoms with Crippen molar-refractivity contribution in [2.45, 2.75) is 50.7 Å². The van der Waals surface area contributed by atoms with Gasteiger partial charge >= 0.3 is 5.97 Å². The first kappa shape index (κ1) is 21.8. The van der Waals surface area contributed by atoms with Crippen molar-refractivity contribution in [2.24, 2.45) is 0 Å². The molecule has 1 aliphatic carbocycles. The molecule has 0 spiro atoms. The standard InChI is InChI=1S/C22H26ClFN4O3/c1-2-11-31-15-5-9-28(10-6-15)19-13-18(14-3-4-16(23)17(24)12-14)25-21(26-19)27-22(7-8-22)20(29)30/h3-4,12-13,15H,2,5-11H2,1H3,(H,29,30)(H,25,26,27). The quantitative estimate of drug-likeness (QED) is 0.620. The Morgan fingerprint density at radius 3 is 2.68 bits per heavy atom. The lowest BCUT2D eigenvalue weighted by Gasteiger charge is -2.33. The van der Waals surface area contributed by atoms with Crippen LogP contribution in [-0.4, -0.2) is 52.4 Å². The van der Waals surface area contributed by atoms with Crippen molar-refractivity contribution >= 4 is 29.3 Å². The lowest BCUT2D eigenvalue weighted by atomic mass is 10.1. The first-order chi connectivity index (χ1) is 14.9. The largest absolute Gasteiger partial charge is 0.480 e. The second-order valence-electron chi connectivity index (χ2n) is 8.13. The summed E-state index contributed by atoms with van der Waals surface area (Å²) in [4.78, 5) is 22.8. The third-order valence-corrected chi connectivity index (χ3v) is 6.07. The molecule has 2 fully saturated rings. The SMILES string of the molecule is CCCOC1CCN(c2cc(-c3ccc(Cl)c(F)c3)nc(NC3(C(=O)O)CC3)n2)CC1. The lowest BCUT2D eigenvalue weighted by Crippen LogP contribution is -2.38. The van der Waals surface area contributed by atoms with E-state index in [0.717, 1.165) is 39.0 Å². The Balaban J connectivity index is 1.62. The molecule has 0 bridgehead atoms. The number of hydrogen-bond acceptors (Lipinski definition) is 6. The Labute approximate surface area is 185 Å². The normalized spacial score (nSPS) is 18.1. The molecule has 0 atom stereocenters. The van der Waals surface area contributed by atoms with Crippen LogP contribution in [0.15, 0.2) is 24.3 Å². The highest BCUT2D eigenvalue weighted by Crippen LogP contribution is 2.39. The highest BCUT2D eigenvalue weighted by atomic mass is 35.5. The molecule has 1 aromatic carbocycles. The number of piperidine rings is 1. The second-order valence-corrected chi connectivity index (χ2v) is 8.54. The molecule has 2 N–H and O–H groups in total. The number of ether oxygens (including phenoxy) is 1. The van der Waals surface area contributed by atoms with Gasteiger partial charge < -0.3 is 20.1 Å². The predicted molar refractivity (Wildman–Crippen MR) is 117 cm³/mol. The van der Waals surface area contributed by atoms with E-state index >= 15 is 0 Å². The summed E-state index contributed by atoms with van der Waals surface area (Å²) in [6.07, 6.45) is 4.03. The van der Waals surface area contributed by atoms with Gasteiger partial charge in [0.2, 0.25) is 5.95 Å². The molecule has 2 aromatic rings. The summed E-state index contributed by atoms with van der Waals surface area (Å²) < 4.78 is 19.9. The van der Waals surface area contributed by atoms with Crippen molar-refractivity contribution in [3.05, 3.63) is 35.1 Å². The van der Waals surface area contributed by atoms with Gasteiger partial charge in [-0.05, 0) is 44.2 Å². The Morgan fingerprint density at radius 1 is 1.32 bits per heavy atom. The Bertz CT molecular complexity index is 962. The van der Waals surface area contributed by atoms with Gasteiger partial charge in [-0.25, -0.2) is 14.2 Å². The van der Waals surface area contributed by atoms with Crippen LogP contribution in [0.1, 0.15) is 39.0 Å². The van der Waals surface area contributed by atoms with Gasteiger partial charge in [0, 0.05) is 31.3 Å². The van der Waals surface area contributed by atoms with E-state index in [1.165, 1.54) is 12.1 Å². The number of carbonyl (C=O) groups is 1. The minimum absolute atomic E-state index is 0.0355. The number of rotatable bonds is 8. The van der Waals surface area contributed by atoms with Crippen LogP contribution in [0, 0.1) is 5.82 Å². The summed E-state index contributed by atoms with van der Waals surface area (Å²) in [7, 11) is 0. The van der Waals surface area contributed by atoms with E-state index in [4.69, 9.17) is 16.3 Å². The first-order valence-electron chi connectivity index (χ1n) is 10.6. The van der Waals surface area contributed by atoms with Gasteiger partial charge in [0.1, 0.15) is 17.2 Å². The van der Waals surface area contributed by atoms with Crippen LogP contribution in [0.2, 0.25) is 5.02 Å². The van der Waals surface area contributed by atoms with Crippen LogP contribution in [0.5, 0.6) is 0 Å². The third-order valence-electron chi connectivity index (χ3n) is 5.76. The fourth-order valence-electron chi connectivity index (χ4n) is 3.72. The Morgan fingerprint density at radius 2 is 2.06 bits per heavy atom. The number of halogens is 2. The number of anilines is 2. The zero-order valence-electron chi connectivity index (χ0n) is 17.4. The molecule has 9 heteroatoms. The summed E-state index contributed by atoms with van der Waals surface area (Å²) in [6.45, 7) is 4.39. The van der Waals surface area contributed by atoms with E-state index in [-0.39, 0.29) is 17.1 Å². The monoisotopic (exact) mass is 448 g/mol. The van der Waals surface area contributed by atoms with Crippen LogP contribution in [-0.2, 0) is 9.53 Å². The van der Waals surface area contributed by atoms with Gasteiger partial charge in [-0.15, -0.1) is 0 Å². The van der Waals surface area contributed by atoms with E-state index in [0.29, 0.717) is 29.9 Å². The fraction of sp³-hybridized carbons (Fsp3) is 0.500. The molecule has 0 amide bonds. The van der Waals surface area contributed by atoms with Crippen molar-refractivity contribution in [3.63, 3.8) is 0 Å². The molecule has 31 heavy (non-hydrogen) atoms. The summed E-state index contributed by atoms with van der Waals surface area (Å²) >= 11 is 5.83. The second kappa shape index (κ2) is 8.96. The maximum absolute atomic E-state index is 14.1. The molecule has 2 aliphatic rings. The summed E-state index contributed by atoms with van der Waals surface area (Å²) in [5.74, 6) is -0.550. The van der Waals surface area contributed by atoms with Crippen LogP contribution in [0.4, 0.5) is 16.2 Å². The predicted octanol–water partition coefficient (Wildman–Crippen LogP) is 4.36. The molecule has 1 saturated heterocycles. The topological polar surface area (TPSA) is 87.6 Å². The van der Waals surface area contributed by atoms with Crippen molar-refractivity contribution in [1.82, 2.24) is 9.97 Å². The summed E-state index contributed by atoms with van der Waals surface area (Å²) in [5.41, 5.74) is 0.0332. The van der Waals surface area contributed by atoms with E-state index < -0.39 is 17.3 Å². The van der Waals surface area contributed by atoms with Crippen molar-refractivity contribution < 1.29 is 19.0 Å². The Kier molecular flexibility index (Phi) is 6.29. The smallest absolute Gasteiger partial charge is 0.329 e. The van der Waals surface area contributed by atoms with Crippen LogP contribution < -0.4 is 10.2 Å². The van der Waals surface area contributed by atoms with Gasteiger partial charge in [-0.1, -0.05) is 24.6 Å². The number of aliphatic carboxylic acids is 1. The van der Waals surface area contributed by atoms with Crippen molar-refractivity contribution in [2.75, 3.05) is 29.9 Å². The molecule has 1 aromatic heterocycles. The fourth-order valence-corrected chi connectivity index (χ4v) is 3.84. The number of benzene rings is 1. The first-order valence-corrected chi connectivity index (χ1v) is 11.0. The molecule has 1 aliphatic heterocycles. The molecule has 7 nitrogen and oxygen atoms in total. The average molecular weight is 449 g/mol. The highest BCUT2D eigenvalue weighted by molar-refractivity contribution is 6.30. The van der Waals surface area contributed by atoms with Crippen molar-refractivity contribution in [1.29, 1.82) is 0 Å². The van der Waals surface area contributed by atoms with Gasteiger partial charge in [0.25, 0.3) is 0 Å². The Hall–Kier alpha value is -2.45. The van der Waals surface area contributed by atoms with E-state index in [1.54, 1.807) is 12.1 Å². The number of carboxylic acid groups (broad SMARTS) is 1. The summed E-state index contributed by atoms with van der Waals surface area (Å²) in [5, 5.41) is 12.6. The zero-order valence-corrected chi connectivity index (χ0v) is 18.2. The number of aromatic nitrogens is 2. The minimum Gasteiger partial charge on any atom is -0.480 e. The van der Waals surface area contributed by atoms with Gasteiger partial charge in [0.05, 0.1) is 16.8 Å². The van der Waals surface area contributed by atoms with Gasteiger partial charge in [-0.3, -0.25) is 0 Å². The van der Waals surface area contributed by atoms with Crippen LogP contribution in [0.25, 0.3) is 11.3 Å². The van der Waals surface area contributed by atoms with E-state index in [9.17, 15) is 14.3 Å². The zero-order chi connectivity index (χ0) is 22.0. The summed E-state index contributed by atoms with van der Waals surface area (Å²) in [6, 6.07) is 6.31. The van der Waals surface area contributed by atoms with E-state index in [1.807, 2.05) is 0 Å². The number of hydrogen-bond donors (Lipinski definition) is 2. The maximum Gasteiger partial charge on any atom is 0.329 e. The third kappa shape index (κ3) is 4.91. The molecular formula is C22H26ClFN4O3. The molecule has 0 radical (unpaired) electrons. The number of carboxylic acids is 1. The van der Waals surface area contributed by atoms with Gasteiger partial charge in [-0.2, -0.15) is 4.98 Å². The maximum atomic E-state index is 14.1. The van der Waals surface area contributed by atoms with Crippen LogP contribution >= 0.6 is 11.6 Å². The average Bonchev–Trinajstić information content (AvgIpc) is 3.55. The minimum atomic E-state index is -1.03. The molecule has 1 saturated carbocycles. The molecule has 2 heterocycles. The molecule has 166 valence electrons. The molecule has 0 unspecified atom stereocenters. The van der Waals surface area contributed by atoms with Crippen LogP contribution in [0.3, 0.4) is 0 Å². The van der Waals surface area contributed by atoms with E-state index in [2.05, 4.69) is 27.1 Å². The number of nitrogens with zero attached hydrogens (tertiary/aromatic N) is 3. The molecule has 4 rings (SSSR count). The van der Waals surface area contributed by atoms with Crippen molar-refractivity contribution in [3.8, 4) is 11.3 Å².